The molecular weight excluding hydrogens is 318 g/mol. The van der Waals surface area contributed by atoms with Crippen LogP contribution in [0, 0.1) is 20.8 Å². The number of ether oxygens (including phenoxy) is 1. The highest BCUT2D eigenvalue weighted by molar-refractivity contribution is 5.88. The standard InChI is InChI=1S/C18H25N5O2/c1-6-25-18(24)22-15-10-21-17(23-16(15)19-5)20-9-14-12(3)7-11(2)8-13(14)4/h7-8,10H,6,9H2,1-5H3,(H,22,24)(H2,19,20,21,23). The summed E-state index contributed by atoms with van der Waals surface area (Å²) in [5.41, 5.74) is 5.42. The van der Waals surface area contributed by atoms with Crippen LogP contribution in [0.2, 0.25) is 0 Å². The van der Waals surface area contributed by atoms with E-state index in [1.165, 1.54) is 22.3 Å². The van der Waals surface area contributed by atoms with Crippen LogP contribution in [-0.4, -0.2) is 29.7 Å². The van der Waals surface area contributed by atoms with Crippen LogP contribution >= 0.6 is 0 Å². The summed E-state index contributed by atoms with van der Waals surface area (Å²) in [4.78, 5) is 20.2. The second kappa shape index (κ2) is 8.32. The van der Waals surface area contributed by atoms with Crippen molar-refractivity contribution in [3.05, 3.63) is 40.6 Å². The van der Waals surface area contributed by atoms with Gasteiger partial charge in [-0.2, -0.15) is 4.98 Å². The summed E-state index contributed by atoms with van der Waals surface area (Å²) in [5, 5.41) is 8.80. The number of carbonyl (C=O) groups excluding carboxylic acids is 1. The van der Waals surface area contributed by atoms with Gasteiger partial charge in [-0.1, -0.05) is 17.7 Å². The summed E-state index contributed by atoms with van der Waals surface area (Å²) >= 11 is 0. The van der Waals surface area contributed by atoms with E-state index in [0.29, 0.717) is 30.6 Å². The number of hydrogen-bond acceptors (Lipinski definition) is 6. The summed E-state index contributed by atoms with van der Waals surface area (Å²) < 4.78 is 4.87. The monoisotopic (exact) mass is 343 g/mol. The van der Waals surface area contributed by atoms with Gasteiger partial charge in [0, 0.05) is 13.6 Å². The molecule has 2 aromatic rings. The lowest BCUT2D eigenvalue weighted by molar-refractivity contribution is 0.168. The van der Waals surface area contributed by atoms with Crippen molar-refractivity contribution in [2.24, 2.45) is 0 Å². The zero-order chi connectivity index (χ0) is 18.4. The summed E-state index contributed by atoms with van der Waals surface area (Å²) in [5.74, 6) is 1.00. The number of anilines is 3. The molecular formula is C18H25N5O2. The minimum absolute atomic E-state index is 0.302. The molecule has 0 atom stereocenters. The summed E-state index contributed by atoms with van der Waals surface area (Å²) in [7, 11) is 1.73. The van der Waals surface area contributed by atoms with Gasteiger partial charge in [-0.25, -0.2) is 9.78 Å². The fourth-order valence-corrected chi connectivity index (χ4v) is 2.68. The molecule has 1 amide bonds. The maximum absolute atomic E-state index is 11.5. The van der Waals surface area contributed by atoms with Crippen molar-refractivity contribution in [2.75, 3.05) is 29.6 Å². The van der Waals surface area contributed by atoms with Crippen molar-refractivity contribution in [1.82, 2.24) is 9.97 Å². The molecule has 2 rings (SSSR count). The van der Waals surface area contributed by atoms with Crippen molar-refractivity contribution in [3.8, 4) is 0 Å². The number of carbonyl (C=O) groups is 1. The van der Waals surface area contributed by atoms with Gasteiger partial charge in [0.2, 0.25) is 5.95 Å². The molecule has 0 radical (unpaired) electrons. The van der Waals surface area contributed by atoms with Crippen molar-refractivity contribution in [1.29, 1.82) is 0 Å². The first-order valence-electron chi connectivity index (χ1n) is 8.23. The van der Waals surface area contributed by atoms with Gasteiger partial charge in [0.05, 0.1) is 12.8 Å². The van der Waals surface area contributed by atoms with Gasteiger partial charge < -0.3 is 15.4 Å². The van der Waals surface area contributed by atoms with Crippen LogP contribution in [0.3, 0.4) is 0 Å². The van der Waals surface area contributed by atoms with Crippen LogP contribution in [0.1, 0.15) is 29.2 Å². The SMILES string of the molecule is CCOC(=O)Nc1cnc(NCc2c(C)cc(C)cc2C)nc1NC. The Morgan fingerprint density at radius 1 is 1.20 bits per heavy atom. The Balaban J connectivity index is 2.12. The fraction of sp³-hybridized carbons (Fsp3) is 0.389. The molecule has 0 bridgehead atoms. The molecule has 0 fully saturated rings. The third kappa shape index (κ3) is 4.82. The molecule has 3 N–H and O–H groups in total. The molecule has 1 heterocycles. The van der Waals surface area contributed by atoms with E-state index < -0.39 is 6.09 Å². The van der Waals surface area contributed by atoms with Gasteiger partial charge >= 0.3 is 6.09 Å². The van der Waals surface area contributed by atoms with Gasteiger partial charge in [0.1, 0.15) is 5.69 Å². The predicted octanol–water partition coefficient (Wildman–Crippen LogP) is 3.62. The Kier molecular flexibility index (Phi) is 6.16. The van der Waals surface area contributed by atoms with E-state index >= 15 is 0 Å². The number of hydrogen-bond donors (Lipinski definition) is 3. The van der Waals surface area contributed by atoms with Crippen LogP contribution in [-0.2, 0) is 11.3 Å². The average molecular weight is 343 g/mol. The fourth-order valence-electron chi connectivity index (χ4n) is 2.68. The Morgan fingerprint density at radius 2 is 1.88 bits per heavy atom. The zero-order valence-corrected chi connectivity index (χ0v) is 15.4. The van der Waals surface area contributed by atoms with Gasteiger partial charge in [-0.05, 0) is 44.4 Å². The highest BCUT2D eigenvalue weighted by Crippen LogP contribution is 2.21. The molecule has 0 aliphatic carbocycles. The quantitative estimate of drug-likeness (QED) is 0.742. The highest BCUT2D eigenvalue weighted by atomic mass is 16.5. The maximum Gasteiger partial charge on any atom is 0.411 e. The Morgan fingerprint density at radius 3 is 2.48 bits per heavy atom. The molecule has 25 heavy (non-hydrogen) atoms. The van der Waals surface area contributed by atoms with E-state index in [2.05, 4.69) is 58.8 Å². The Labute approximate surface area is 148 Å². The maximum atomic E-state index is 11.5. The second-order valence-electron chi connectivity index (χ2n) is 5.78. The molecule has 0 aliphatic heterocycles. The van der Waals surface area contributed by atoms with E-state index in [1.54, 1.807) is 20.2 Å². The minimum atomic E-state index is -0.533. The van der Waals surface area contributed by atoms with Crippen LogP contribution < -0.4 is 16.0 Å². The summed E-state index contributed by atoms with van der Waals surface area (Å²) in [6.45, 7) is 8.97. The number of rotatable bonds is 6. The van der Waals surface area contributed by atoms with Crippen LogP contribution in [0.15, 0.2) is 18.3 Å². The molecule has 1 aromatic carbocycles. The van der Waals surface area contributed by atoms with Crippen LogP contribution in [0.4, 0.5) is 22.2 Å². The van der Waals surface area contributed by atoms with Crippen LogP contribution in [0.5, 0.6) is 0 Å². The zero-order valence-electron chi connectivity index (χ0n) is 15.4. The number of nitrogens with one attached hydrogen (secondary N) is 3. The largest absolute Gasteiger partial charge is 0.450 e. The number of benzene rings is 1. The second-order valence-corrected chi connectivity index (χ2v) is 5.78. The highest BCUT2D eigenvalue weighted by Gasteiger charge is 2.11. The first-order chi connectivity index (χ1) is 11.9. The van der Waals surface area contributed by atoms with E-state index in [1.807, 2.05) is 0 Å². The van der Waals surface area contributed by atoms with E-state index in [4.69, 9.17) is 4.74 Å². The summed E-state index contributed by atoms with van der Waals surface area (Å²) in [6.07, 6.45) is 1.02. The summed E-state index contributed by atoms with van der Waals surface area (Å²) in [6, 6.07) is 4.33. The van der Waals surface area contributed by atoms with Crippen molar-refractivity contribution >= 4 is 23.5 Å². The van der Waals surface area contributed by atoms with Gasteiger partial charge in [-0.15, -0.1) is 0 Å². The van der Waals surface area contributed by atoms with E-state index in [-0.39, 0.29) is 0 Å². The van der Waals surface area contributed by atoms with E-state index in [9.17, 15) is 4.79 Å². The first kappa shape index (κ1) is 18.5. The molecule has 0 unspecified atom stereocenters. The van der Waals surface area contributed by atoms with Gasteiger partial charge in [-0.3, -0.25) is 5.32 Å². The average Bonchev–Trinajstić information content (AvgIpc) is 2.55. The van der Waals surface area contributed by atoms with Gasteiger partial charge in [0.25, 0.3) is 0 Å². The smallest absolute Gasteiger partial charge is 0.411 e. The molecule has 134 valence electrons. The minimum Gasteiger partial charge on any atom is -0.450 e. The van der Waals surface area contributed by atoms with Crippen molar-refractivity contribution < 1.29 is 9.53 Å². The molecule has 0 saturated heterocycles. The topological polar surface area (TPSA) is 88.2 Å². The molecule has 0 saturated carbocycles. The molecule has 7 heteroatoms. The first-order valence-corrected chi connectivity index (χ1v) is 8.23. The predicted molar refractivity (Wildman–Crippen MR) is 100 cm³/mol. The van der Waals surface area contributed by atoms with Crippen LogP contribution in [0.25, 0.3) is 0 Å². The number of amides is 1. The lowest BCUT2D eigenvalue weighted by Crippen LogP contribution is -2.16. The number of aromatic nitrogens is 2. The molecule has 0 aliphatic rings. The molecule has 0 spiro atoms. The number of nitrogens with zero attached hydrogens (tertiary/aromatic N) is 2. The Hall–Kier alpha value is -2.83. The molecule has 7 nitrogen and oxygen atoms in total. The third-order valence-electron chi connectivity index (χ3n) is 3.80. The lowest BCUT2D eigenvalue weighted by Gasteiger charge is -2.14. The number of aryl methyl sites for hydroxylation is 3. The van der Waals surface area contributed by atoms with Crippen molar-refractivity contribution in [3.63, 3.8) is 0 Å². The third-order valence-corrected chi connectivity index (χ3v) is 3.80. The van der Waals surface area contributed by atoms with Crippen molar-refractivity contribution in [2.45, 2.75) is 34.2 Å². The normalized spacial score (nSPS) is 10.3. The Bertz CT molecular complexity index is 738. The van der Waals surface area contributed by atoms with Gasteiger partial charge in [0.15, 0.2) is 5.82 Å². The lowest BCUT2D eigenvalue weighted by atomic mass is 10.00. The van der Waals surface area contributed by atoms with E-state index in [0.717, 1.165) is 0 Å². The molecule has 1 aromatic heterocycles.